The number of benzene rings is 1. The van der Waals surface area contributed by atoms with Crippen molar-refractivity contribution >= 4 is 5.69 Å². The van der Waals surface area contributed by atoms with E-state index < -0.39 is 0 Å². The van der Waals surface area contributed by atoms with Crippen LogP contribution in [0.25, 0.3) is 0 Å². The van der Waals surface area contributed by atoms with E-state index in [4.69, 9.17) is 0 Å². The molecule has 2 heteroatoms. The highest BCUT2D eigenvalue weighted by Gasteiger charge is 1.94. The minimum Gasteiger partial charge on any atom is -0.380 e. The number of aryl methyl sites for hydroxylation is 2. The molecule has 0 atom stereocenters. The van der Waals surface area contributed by atoms with Crippen molar-refractivity contribution in [3.05, 3.63) is 59.4 Å². The van der Waals surface area contributed by atoms with E-state index in [1.165, 1.54) is 11.1 Å². The van der Waals surface area contributed by atoms with Crippen LogP contribution in [0.2, 0.25) is 0 Å². The Morgan fingerprint density at radius 3 is 2.38 bits per heavy atom. The van der Waals surface area contributed by atoms with Crippen molar-refractivity contribution < 1.29 is 0 Å². The van der Waals surface area contributed by atoms with Gasteiger partial charge in [0.05, 0.1) is 11.9 Å². The maximum absolute atomic E-state index is 4.24. The van der Waals surface area contributed by atoms with Gasteiger partial charge >= 0.3 is 0 Å². The smallest absolute Gasteiger partial charge is 0.0529 e. The Kier molecular flexibility index (Phi) is 3.20. The molecule has 0 bridgehead atoms. The molecule has 0 radical (unpaired) electrons. The van der Waals surface area contributed by atoms with Gasteiger partial charge in [0.1, 0.15) is 0 Å². The lowest BCUT2D eigenvalue weighted by Gasteiger charge is -2.06. The normalized spacial score (nSPS) is 10.1. The summed E-state index contributed by atoms with van der Waals surface area (Å²) in [5, 5.41) is 3.35. The second kappa shape index (κ2) is 4.79. The van der Waals surface area contributed by atoms with E-state index in [-0.39, 0.29) is 0 Å². The molecule has 2 nitrogen and oxygen atoms in total. The number of anilines is 1. The minimum atomic E-state index is 0.838. The van der Waals surface area contributed by atoms with E-state index in [2.05, 4.69) is 47.6 Å². The Morgan fingerprint density at radius 1 is 1.00 bits per heavy atom. The first-order valence-electron chi connectivity index (χ1n) is 5.46. The molecule has 0 aliphatic heterocycles. The molecule has 0 aliphatic rings. The van der Waals surface area contributed by atoms with Gasteiger partial charge in [0, 0.05) is 12.2 Å². The van der Waals surface area contributed by atoms with Crippen LogP contribution < -0.4 is 5.32 Å². The van der Waals surface area contributed by atoms with Crippen molar-refractivity contribution in [1.82, 2.24) is 4.98 Å². The zero-order valence-electron chi connectivity index (χ0n) is 9.70. The molecule has 0 fully saturated rings. The maximum atomic E-state index is 4.24. The van der Waals surface area contributed by atoms with E-state index in [0.29, 0.717) is 0 Å². The van der Waals surface area contributed by atoms with Crippen LogP contribution >= 0.6 is 0 Å². The fourth-order valence-electron chi connectivity index (χ4n) is 1.48. The predicted molar refractivity (Wildman–Crippen MR) is 67.5 cm³/mol. The monoisotopic (exact) mass is 212 g/mol. The fourth-order valence-corrected chi connectivity index (χ4v) is 1.48. The van der Waals surface area contributed by atoms with Gasteiger partial charge in [-0.1, -0.05) is 29.8 Å². The first kappa shape index (κ1) is 10.7. The molecule has 1 aromatic carbocycles. The number of nitrogens with zero attached hydrogens (tertiary/aromatic N) is 1. The summed E-state index contributed by atoms with van der Waals surface area (Å²) in [4.78, 5) is 4.24. The van der Waals surface area contributed by atoms with Crippen LogP contribution in [0.15, 0.2) is 42.6 Å². The zero-order valence-corrected chi connectivity index (χ0v) is 9.70. The van der Waals surface area contributed by atoms with E-state index in [1.54, 1.807) is 0 Å². The Labute approximate surface area is 96.4 Å². The van der Waals surface area contributed by atoms with Crippen LogP contribution in [0.1, 0.15) is 16.8 Å². The summed E-state index contributed by atoms with van der Waals surface area (Å²) in [5.74, 6) is 0. The third kappa shape index (κ3) is 2.83. The Morgan fingerprint density at radius 2 is 1.75 bits per heavy atom. The molecule has 82 valence electrons. The highest BCUT2D eigenvalue weighted by atomic mass is 14.9. The summed E-state index contributed by atoms with van der Waals surface area (Å²) in [6, 6.07) is 12.6. The largest absolute Gasteiger partial charge is 0.380 e. The Bertz CT molecular complexity index is 398. The topological polar surface area (TPSA) is 24.9 Å². The van der Waals surface area contributed by atoms with Crippen molar-refractivity contribution in [2.75, 3.05) is 5.32 Å². The fraction of sp³-hybridized carbons (Fsp3) is 0.214. The van der Waals surface area contributed by atoms with Crippen molar-refractivity contribution in [3.8, 4) is 0 Å². The second-order valence-corrected chi connectivity index (χ2v) is 4.03. The number of rotatable bonds is 3. The zero-order chi connectivity index (χ0) is 11.4. The molecule has 2 rings (SSSR count). The van der Waals surface area contributed by atoms with Crippen molar-refractivity contribution in [3.63, 3.8) is 0 Å². The molecule has 0 unspecified atom stereocenters. The molecule has 0 spiro atoms. The Balaban J connectivity index is 1.97. The van der Waals surface area contributed by atoms with Crippen LogP contribution in [0.3, 0.4) is 0 Å². The first-order valence-corrected chi connectivity index (χ1v) is 5.46. The standard InChI is InChI=1S/C14H16N2/c1-11-3-6-13(7-4-11)9-16-14-8-5-12(2)15-10-14/h3-8,10,16H,9H2,1-2H3. The molecular formula is C14H16N2. The van der Waals surface area contributed by atoms with Gasteiger partial charge in [-0.15, -0.1) is 0 Å². The van der Waals surface area contributed by atoms with Gasteiger partial charge in [-0.2, -0.15) is 0 Å². The highest BCUT2D eigenvalue weighted by Crippen LogP contribution is 2.09. The van der Waals surface area contributed by atoms with Crippen molar-refractivity contribution in [2.24, 2.45) is 0 Å². The van der Waals surface area contributed by atoms with Crippen LogP contribution in [0.5, 0.6) is 0 Å². The second-order valence-electron chi connectivity index (χ2n) is 4.03. The third-order valence-corrected chi connectivity index (χ3v) is 2.53. The number of aromatic nitrogens is 1. The van der Waals surface area contributed by atoms with E-state index in [0.717, 1.165) is 17.9 Å². The van der Waals surface area contributed by atoms with Gasteiger partial charge in [0.2, 0.25) is 0 Å². The molecule has 1 aromatic heterocycles. The summed E-state index contributed by atoms with van der Waals surface area (Å²) in [6.07, 6.45) is 1.86. The molecule has 2 aromatic rings. The van der Waals surface area contributed by atoms with Gasteiger partial charge in [0.15, 0.2) is 0 Å². The van der Waals surface area contributed by atoms with Crippen LogP contribution in [-0.2, 0) is 6.54 Å². The van der Waals surface area contributed by atoms with Gasteiger partial charge in [-0.25, -0.2) is 0 Å². The van der Waals surface area contributed by atoms with E-state index >= 15 is 0 Å². The molecule has 0 aliphatic carbocycles. The molecule has 0 saturated heterocycles. The SMILES string of the molecule is Cc1ccc(CNc2ccc(C)nc2)cc1. The number of pyridine rings is 1. The van der Waals surface area contributed by atoms with Crippen molar-refractivity contribution in [2.45, 2.75) is 20.4 Å². The summed E-state index contributed by atoms with van der Waals surface area (Å²) >= 11 is 0. The number of hydrogen-bond acceptors (Lipinski definition) is 2. The Hall–Kier alpha value is -1.83. The van der Waals surface area contributed by atoms with Crippen LogP contribution in [0, 0.1) is 13.8 Å². The maximum Gasteiger partial charge on any atom is 0.0529 e. The molecule has 1 heterocycles. The lowest BCUT2D eigenvalue weighted by molar-refractivity contribution is 1.12. The summed E-state index contributed by atoms with van der Waals surface area (Å²) in [5.41, 5.74) is 4.68. The minimum absolute atomic E-state index is 0.838. The predicted octanol–water partition coefficient (Wildman–Crippen LogP) is 3.31. The average Bonchev–Trinajstić information content (AvgIpc) is 2.30. The summed E-state index contributed by atoms with van der Waals surface area (Å²) < 4.78 is 0. The first-order chi connectivity index (χ1) is 7.74. The van der Waals surface area contributed by atoms with Crippen molar-refractivity contribution in [1.29, 1.82) is 0 Å². The molecule has 16 heavy (non-hydrogen) atoms. The average molecular weight is 212 g/mol. The third-order valence-electron chi connectivity index (χ3n) is 2.53. The van der Waals surface area contributed by atoms with E-state index in [9.17, 15) is 0 Å². The number of hydrogen-bond donors (Lipinski definition) is 1. The molecule has 1 N–H and O–H groups in total. The summed E-state index contributed by atoms with van der Waals surface area (Å²) in [7, 11) is 0. The quantitative estimate of drug-likeness (QED) is 0.844. The van der Waals surface area contributed by atoms with Gasteiger partial charge < -0.3 is 5.32 Å². The summed E-state index contributed by atoms with van der Waals surface area (Å²) in [6.45, 7) is 4.93. The van der Waals surface area contributed by atoms with Crippen LogP contribution in [0.4, 0.5) is 5.69 Å². The van der Waals surface area contributed by atoms with E-state index in [1.807, 2.05) is 19.2 Å². The molecular weight excluding hydrogens is 196 g/mol. The lowest BCUT2D eigenvalue weighted by atomic mass is 10.1. The highest BCUT2D eigenvalue weighted by molar-refractivity contribution is 5.41. The van der Waals surface area contributed by atoms with Crippen LogP contribution in [-0.4, -0.2) is 4.98 Å². The van der Waals surface area contributed by atoms with Gasteiger partial charge in [-0.3, -0.25) is 4.98 Å². The lowest BCUT2D eigenvalue weighted by Crippen LogP contribution is -1.99. The van der Waals surface area contributed by atoms with Gasteiger partial charge in [-0.05, 0) is 31.5 Å². The molecule has 0 saturated carbocycles. The molecule has 0 amide bonds. The van der Waals surface area contributed by atoms with Gasteiger partial charge in [0.25, 0.3) is 0 Å². The number of nitrogens with one attached hydrogen (secondary N) is 1.